The van der Waals surface area contributed by atoms with Crippen molar-refractivity contribution >= 4 is 34.1 Å². The van der Waals surface area contributed by atoms with Crippen LogP contribution in [0.5, 0.6) is 0 Å². The van der Waals surface area contributed by atoms with Crippen molar-refractivity contribution in [2.45, 2.75) is 26.7 Å². The van der Waals surface area contributed by atoms with Crippen LogP contribution < -0.4 is 10.2 Å². The Bertz CT molecular complexity index is 1060. The van der Waals surface area contributed by atoms with E-state index in [1.807, 2.05) is 24.3 Å². The lowest BCUT2D eigenvalue weighted by Gasteiger charge is -2.32. The molecular formula is C23H24FN3O2. The first-order chi connectivity index (χ1) is 13.9. The van der Waals surface area contributed by atoms with Crippen molar-refractivity contribution in [3.63, 3.8) is 0 Å². The van der Waals surface area contributed by atoms with Gasteiger partial charge in [-0.3, -0.25) is 14.2 Å². The number of nitrogens with one attached hydrogen (secondary N) is 1. The molecule has 1 aliphatic rings. The molecule has 0 bridgehead atoms. The molecule has 6 heteroatoms. The number of piperidine rings is 1. The molecule has 0 saturated carbocycles. The van der Waals surface area contributed by atoms with Crippen LogP contribution in [0.4, 0.5) is 15.8 Å². The van der Waals surface area contributed by atoms with Gasteiger partial charge in [0.05, 0.1) is 11.1 Å². The number of nitrogens with zero attached hydrogens (tertiary/aromatic N) is 2. The first-order valence-electron chi connectivity index (χ1n) is 9.90. The van der Waals surface area contributed by atoms with Crippen LogP contribution in [0.15, 0.2) is 48.7 Å². The predicted molar refractivity (Wildman–Crippen MR) is 113 cm³/mol. The molecule has 0 radical (unpaired) electrons. The Hall–Kier alpha value is -3.15. The van der Waals surface area contributed by atoms with Crippen LogP contribution in [0.3, 0.4) is 0 Å². The number of halogens is 1. The van der Waals surface area contributed by atoms with E-state index in [1.54, 1.807) is 0 Å². The van der Waals surface area contributed by atoms with E-state index in [4.69, 9.17) is 0 Å². The fraction of sp³-hybridized carbons (Fsp3) is 0.304. The highest BCUT2D eigenvalue weighted by Crippen LogP contribution is 2.26. The number of rotatable bonds is 3. The molecule has 0 aliphatic carbocycles. The summed E-state index contributed by atoms with van der Waals surface area (Å²) < 4.78 is 15.1. The van der Waals surface area contributed by atoms with Crippen molar-refractivity contribution in [3.8, 4) is 0 Å². The summed E-state index contributed by atoms with van der Waals surface area (Å²) in [4.78, 5) is 27.1. The zero-order chi connectivity index (χ0) is 20.5. The number of carbonyl (C=O) groups excluding carboxylic acids is 2. The van der Waals surface area contributed by atoms with Crippen LogP contribution in [0.25, 0.3) is 10.9 Å². The molecule has 0 spiro atoms. The third-order valence-corrected chi connectivity index (χ3v) is 5.62. The maximum absolute atomic E-state index is 13.7. The molecule has 1 amide bonds. The maximum Gasteiger partial charge on any atom is 0.257 e. The average Bonchev–Trinajstić information content (AvgIpc) is 3.08. The highest BCUT2D eigenvalue weighted by Gasteiger charge is 2.19. The Balaban J connectivity index is 1.55. The van der Waals surface area contributed by atoms with Gasteiger partial charge in [0.15, 0.2) is 0 Å². The monoisotopic (exact) mass is 393 g/mol. The fourth-order valence-corrected chi connectivity index (χ4v) is 3.86. The van der Waals surface area contributed by atoms with Crippen LogP contribution in [-0.4, -0.2) is 29.5 Å². The van der Waals surface area contributed by atoms with Gasteiger partial charge in [-0.05, 0) is 61.2 Å². The van der Waals surface area contributed by atoms with Crippen molar-refractivity contribution in [2.24, 2.45) is 5.92 Å². The molecule has 2 aromatic carbocycles. The molecule has 2 heterocycles. The van der Waals surface area contributed by atoms with Crippen molar-refractivity contribution in [1.29, 1.82) is 0 Å². The Kier molecular flexibility index (Phi) is 5.09. The van der Waals surface area contributed by atoms with E-state index in [0.29, 0.717) is 16.6 Å². The Morgan fingerprint density at radius 1 is 1.07 bits per heavy atom. The van der Waals surface area contributed by atoms with Gasteiger partial charge >= 0.3 is 0 Å². The number of hydrogen-bond acceptors (Lipinski definition) is 3. The lowest BCUT2D eigenvalue weighted by Crippen LogP contribution is -2.32. The summed E-state index contributed by atoms with van der Waals surface area (Å²) in [6, 6.07) is 11.8. The van der Waals surface area contributed by atoms with Crippen molar-refractivity contribution in [1.82, 2.24) is 4.57 Å². The number of aromatic nitrogens is 1. The number of benzene rings is 2. The first-order valence-corrected chi connectivity index (χ1v) is 9.90. The van der Waals surface area contributed by atoms with Crippen LogP contribution in [0.2, 0.25) is 0 Å². The van der Waals surface area contributed by atoms with E-state index in [9.17, 15) is 14.0 Å². The predicted octanol–water partition coefficient (Wildman–Crippen LogP) is 4.93. The minimum absolute atomic E-state index is 0.235. The average molecular weight is 393 g/mol. The summed E-state index contributed by atoms with van der Waals surface area (Å²) in [5.41, 5.74) is 2.58. The normalized spacial score (nSPS) is 14.9. The van der Waals surface area contributed by atoms with E-state index in [-0.39, 0.29) is 17.4 Å². The van der Waals surface area contributed by atoms with Gasteiger partial charge in [-0.1, -0.05) is 6.92 Å². The smallest absolute Gasteiger partial charge is 0.257 e. The number of amides is 1. The summed E-state index contributed by atoms with van der Waals surface area (Å²) >= 11 is 0. The van der Waals surface area contributed by atoms with Crippen LogP contribution in [0.1, 0.15) is 41.8 Å². The second-order valence-electron chi connectivity index (χ2n) is 7.76. The molecule has 1 fully saturated rings. The van der Waals surface area contributed by atoms with Crippen LogP contribution >= 0.6 is 0 Å². The van der Waals surface area contributed by atoms with Crippen molar-refractivity contribution in [3.05, 3.63) is 60.0 Å². The van der Waals surface area contributed by atoms with Gasteiger partial charge in [0.1, 0.15) is 5.82 Å². The highest BCUT2D eigenvalue weighted by atomic mass is 19.1. The molecule has 0 unspecified atom stereocenters. The van der Waals surface area contributed by atoms with Crippen LogP contribution in [0, 0.1) is 11.7 Å². The lowest BCUT2D eigenvalue weighted by molar-refractivity contribution is 0.0941. The largest absolute Gasteiger partial charge is 0.372 e. The summed E-state index contributed by atoms with van der Waals surface area (Å²) in [6.07, 6.45) is 3.84. The molecule has 1 saturated heterocycles. The summed E-state index contributed by atoms with van der Waals surface area (Å²) in [5, 5.41) is 3.27. The second kappa shape index (κ2) is 7.70. The summed E-state index contributed by atoms with van der Waals surface area (Å²) in [6.45, 7) is 5.78. The van der Waals surface area contributed by atoms with Gasteiger partial charge in [-0.2, -0.15) is 0 Å². The van der Waals surface area contributed by atoms with Gasteiger partial charge in [0.2, 0.25) is 5.91 Å². The zero-order valence-corrected chi connectivity index (χ0v) is 16.6. The van der Waals surface area contributed by atoms with E-state index >= 15 is 0 Å². The maximum atomic E-state index is 13.7. The van der Waals surface area contributed by atoms with Crippen molar-refractivity contribution in [2.75, 3.05) is 23.3 Å². The molecule has 5 nitrogen and oxygen atoms in total. The van der Waals surface area contributed by atoms with Crippen molar-refractivity contribution < 1.29 is 14.0 Å². The van der Waals surface area contributed by atoms with Gasteiger partial charge < -0.3 is 10.2 Å². The molecule has 29 heavy (non-hydrogen) atoms. The third kappa shape index (κ3) is 3.88. The zero-order valence-electron chi connectivity index (χ0n) is 16.6. The lowest BCUT2D eigenvalue weighted by atomic mass is 9.99. The van der Waals surface area contributed by atoms with E-state index < -0.39 is 5.82 Å². The molecule has 1 aromatic heterocycles. The SMILES string of the molecule is CC(=O)n1cc(C(=O)Nc2ccc(N3CCC(C)CC3)cc2)c2cc(F)ccc21. The van der Waals surface area contributed by atoms with Gasteiger partial charge in [-0.15, -0.1) is 0 Å². The standard InChI is InChI=1S/C23H24FN3O2/c1-15-9-11-26(12-10-15)19-6-4-18(5-7-19)25-23(29)21-14-27(16(2)28)22-8-3-17(24)13-20(21)22/h3-8,13-15H,9-12H2,1-2H3,(H,25,29). The van der Waals surface area contributed by atoms with E-state index in [1.165, 1.54) is 48.7 Å². The minimum atomic E-state index is -0.451. The molecular weight excluding hydrogens is 369 g/mol. The molecule has 1 N–H and O–H groups in total. The summed E-state index contributed by atoms with van der Waals surface area (Å²) in [7, 11) is 0. The second-order valence-corrected chi connectivity index (χ2v) is 7.76. The minimum Gasteiger partial charge on any atom is -0.372 e. The molecule has 0 atom stereocenters. The van der Waals surface area contributed by atoms with Gasteiger partial charge in [0.25, 0.3) is 5.91 Å². The van der Waals surface area contributed by atoms with E-state index in [0.717, 1.165) is 24.7 Å². The number of hydrogen-bond donors (Lipinski definition) is 1. The first kappa shape index (κ1) is 19.2. The molecule has 1 aliphatic heterocycles. The molecule has 3 aromatic rings. The van der Waals surface area contributed by atoms with E-state index in [2.05, 4.69) is 17.1 Å². The summed E-state index contributed by atoms with van der Waals surface area (Å²) in [5.74, 6) is -0.291. The molecule has 150 valence electrons. The quantitative estimate of drug-likeness (QED) is 0.687. The number of fused-ring (bicyclic) bond motifs is 1. The Morgan fingerprint density at radius 3 is 2.41 bits per heavy atom. The Morgan fingerprint density at radius 2 is 1.76 bits per heavy atom. The fourth-order valence-electron chi connectivity index (χ4n) is 3.86. The Labute approximate surface area is 169 Å². The van der Waals surface area contributed by atoms with Gasteiger partial charge in [0, 0.05) is 43.0 Å². The molecule has 4 rings (SSSR count). The highest BCUT2D eigenvalue weighted by molar-refractivity contribution is 6.14. The van der Waals surface area contributed by atoms with Crippen LogP contribution in [-0.2, 0) is 0 Å². The topological polar surface area (TPSA) is 54.3 Å². The third-order valence-electron chi connectivity index (χ3n) is 5.62. The number of carbonyl (C=O) groups is 2. The van der Waals surface area contributed by atoms with Gasteiger partial charge in [-0.25, -0.2) is 4.39 Å². The number of anilines is 2.